The summed E-state index contributed by atoms with van der Waals surface area (Å²) in [4.78, 5) is 15.7. The van der Waals surface area contributed by atoms with E-state index in [0.717, 1.165) is 0 Å². The quantitative estimate of drug-likeness (QED) is 0.439. The van der Waals surface area contributed by atoms with Crippen molar-refractivity contribution in [3.63, 3.8) is 0 Å². The van der Waals surface area contributed by atoms with Crippen LogP contribution in [0.1, 0.15) is 25.3 Å². The Morgan fingerprint density at radius 1 is 1.39 bits per heavy atom. The van der Waals surface area contributed by atoms with Gasteiger partial charge in [0.2, 0.25) is 0 Å². The molecule has 0 bridgehead atoms. The average Bonchev–Trinajstić information content (AvgIpc) is 2.42. The Bertz CT molecular complexity index is 412. The van der Waals surface area contributed by atoms with Crippen molar-refractivity contribution in [2.75, 3.05) is 6.61 Å². The van der Waals surface area contributed by atoms with Gasteiger partial charge in [0.1, 0.15) is 12.6 Å². The summed E-state index contributed by atoms with van der Waals surface area (Å²) in [5.74, 6) is -0.146. The Morgan fingerprint density at radius 3 is 2.67 bits per heavy atom. The van der Waals surface area contributed by atoms with Gasteiger partial charge in [-0.15, -0.1) is 0 Å². The molecule has 2 atom stereocenters. The van der Waals surface area contributed by atoms with Crippen LogP contribution in [0.25, 0.3) is 0 Å². The number of aliphatic imine (C=N–C) groups is 1. The first kappa shape index (κ1) is 14.2. The zero-order chi connectivity index (χ0) is 13.4. The van der Waals surface area contributed by atoms with Crippen LogP contribution >= 0.6 is 0 Å². The first-order valence-corrected chi connectivity index (χ1v) is 6.01. The first-order valence-electron chi connectivity index (χ1n) is 6.01. The Morgan fingerprint density at radius 2 is 2.06 bits per heavy atom. The van der Waals surface area contributed by atoms with Crippen LogP contribution in [0.3, 0.4) is 0 Å². The summed E-state index contributed by atoms with van der Waals surface area (Å²) in [7, 11) is 0. The number of hydrogen-bond donors (Lipinski definition) is 0. The number of esters is 1. The van der Waals surface area contributed by atoms with Crippen molar-refractivity contribution in [3.05, 3.63) is 48.6 Å². The number of carbonyl (C=O) groups is 1. The standard InChI is InChI=1S/C15H19NO2/c1-4-10-18-15(17)13(3)16-11-12(2)14-8-6-5-7-9-14/h4-9,11-13H,1,10H2,2-3H3/t12?,13-/m0/s1. The molecule has 0 radical (unpaired) electrons. The van der Waals surface area contributed by atoms with Crippen molar-refractivity contribution < 1.29 is 9.53 Å². The Hall–Kier alpha value is -1.90. The molecule has 0 saturated heterocycles. The molecule has 0 saturated carbocycles. The molecule has 3 heteroatoms. The highest BCUT2D eigenvalue weighted by molar-refractivity contribution is 5.78. The van der Waals surface area contributed by atoms with Gasteiger partial charge in [-0.3, -0.25) is 4.99 Å². The van der Waals surface area contributed by atoms with Gasteiger partial charge >= 0.3 is 5.97 Å². The lowest BCUT2D eigenvalue weighted by molar-refractivity contribution is -0.143. The maximum absolute atomic E-state index is 11.5. The highest BCUT2D eigenvalue weighted by Crippen LogP contribution is 2.12. The van der Waals surface area contributed by atoms with Crippen LogP contribution in [-0.2, 0) is 9.53 Å². The van der Waals surface area contributed by atoms with Gasteiger partial charge < -0.3 is 4.74 Å². The van der Waals surface area contributed by atoms with Crippen LogP contribution in [-0.4, -0.2) is 24.8 Å². The molecule has 18 heavy (non-hydrogen) atoms. The predicted octanol–water partition coefficient (Wildman–Crippen LogP) is 2.98. The van der Waals surface area contributed by atoms with E-state index in [4.69, 9.17) is 4.74 Å². The van der Waals surface area contributed by atoms with E-state index in [1.165, 1.54) is 5.56 Å². The van der Waals surface area contributed by atoms with Crippen LogP contribution < -0.4 is 0 Å². The minimum atomic E-state index is -0.476. The molecule has 0 aliphatic heterocycles. The molecule has 0 aliphatic rings. The number of carbonyl (C=O) groups excluding carboxylic acids is 1. The summed E-state index contributed by atoms with van der Waals surface area (Å²) in [6, 6.07) is 9.55. The van der Waals surface area contributed by atoms with Gasteiger partial charge in [-0.05, 0) is 12.5 Å². The summed E-state index contributed by atoms with van der Waals surface area (Å²) in [6.45, 7) is 7.48. The molecule has 3 nitrogen and oxygen atoms in total. The zero-order valence-corrected chi connectivity index (χ0v) is 10.9. The van der Waals surface area contributed by atoms with E-state index in [0.29, 0.717) is 0 Å². The first-order chi connectivity index (χ1) is 8.65. The highest BCUT2D eigenvalue weighted by atomic mass is 16.5. The predicted molar refractivity (Wildman–Crippen MR) is 74.0 cm³/mol. The van der Waals surface area contributed by atoms with Gasteiger partial charge in [0.15, 0.2) is 0 Å². The van der Waals surface area contributed by atoms with E-state index in [1.54, 1.807) is 19.2 Å². The molecular weight excluding hydrogens is 226 g/mol. The summed E-state index contributed by atoms with van der Waals surface area (Å²) in [5.41, 5.74) is 1.17. The molecule has 0 aromatic heterocycles. The Labute approximate surface area is 108 Å². The SMILES string of the molecule is C=CCOC(=O)[C@H](C)N=CC(C)c1ccccc1. The minimum Gasteiger partial charge on any atom is -0.460 e. The molecule has 1 unspecified atom stereocenters. The number of hydrogen-bond acceptors (Lipinski definition) is 3. The average molecular weight is 245 g/mol. The van der Waals surface area contributed by atoms with Crippen molar-refractivity contribution in [1.82, 2.24) is 0 Å². The summed E-state index contributed by atoms with van der Waals surface area (Å²) in [6.07, 6.45) is 3.33. The second-order valence-corrected chi connectivity index (χ2v) is 4.09. The number of ether oxygens (including phenoxy) is 1. The lowest BCUT2D eigenvalue weighted by atomic mass is 10.0. The Kier molecular flexibility index (Phi) is 5.85. The molecular formula is C15H19NO2. The van der Waals surface area contributed by atoms with E-state index in [2.05, 4.69) is 11.6 Å². The third-order valence-corrected chi connectivity index (χ3v) is 2.54. The van der Waals surface area contributed by atoms with Crippen molar-refractivity contribution >= 4 is 12.2 Å². The van der Waals surface area contributed by atoms with Gasteiger partial charge in [0.05, 0.1) is 0 Å². The van der Waals surface area contributed by atoms with Gasteiger partial charge in [0, 0.05) is 12.1 Å². The fourth-order valence-corrected chi connectivity index (χ4v) is 1.42. The van der Waals surface area contributed by atoms with E-state index in [9.17, 15) is 4.79 Å². The Balaban J connectivity index is 2.53. The van der Waals surface area contributed by atoms with E-state index in [1.807, 2.05) is 37.3 Å². The summed E-state index contributed by atoms with van der Waals surface area (Å²) in [5, 5.41) is 0. The molecule has 1 aromatic rings. The smallest absolute Gasteiger partial charge is 0.330 e. The van der Waals surface area contributed by atoms with Crippen LogP contribution in [0.5, 0.6) is 0 Å². The molecule has 1 rings (SSSR count). The van der Waals surface area contributed by atoms with Crippen molar-refractivity contribution in [2.45, 2.75) is 25.8 Å². The molecule has 0 amide bonds. The largest absolute Gasteiger partial charge is 0.460 e. The van der Waals surface area contributed by atoms with Crippen LogP contribution in [0, 0.1) is 0 Å². The van der Waals surface area contributed by atoms with E-state index >= 15 is 0 Å². The molecule has 96 valence electrons. The number of nitrogens with zero attached hydrogens (tertiary/aromatic N) is 1. The van der Waals surface area contributed by atoms with E-state index in [-0.39, 0.29) is 18.5 Å². The van der Waals surface area contributed by atoms with Crippen molar-refractivity contribution in [3.8, 4) is 0 Å². The van der Waals surface area contributed by atoms with Crippen LogP contribution in [0.4, 0.5) is 0 Å². The molecule has 1 aromatic carbocycles. The van der Waals surface area contributed by atoms with Crippen LogP contribution in [0.15, 0.2) is 48.0 Å². The van der Waals surface area contributed by atoms with E-state index < -0.39 is 6.04 Å². The fourth-order valence-electron chi connectivity index (χ4n) is 1.42. The third-order valence-electron chi connectivity index (χ3n) is 2.54. The maximum Gasteiger partial charge on any atom is 0.330 e. The zero-order valence-electron chi connectivity index (χ0n) is 10.9. The monoisotopic (exact) mass is 245 g/mol. The summed E-state index contributed by atoms with van der Waals surface area (Å²) >= 11 is 0. The molecule has 0 fully saturated rings. The highest BCUT2D eigenvalue weighted by Gasteiger charge is 2.12. The molecule has 0 N–H and O–H groups in total. The second kappa shape index (κ2) is 7.43. The molecule has 0 heterocycles. The van der Waals surface area contributed by atoms with Crippen molar-refractivity contribution in [2.24, 2.45) is 4.99 Å². The minimum absolute atomic E-state index is 0.181. The number of rotatable bonds is 6. The molecule has 0 spiro atoms. The van der Waals surface area contributed by atoms with Crippen molar-refractivity contribution in [1.29, 1.82) is 0 Å². The normalized spacial score (nSPS) is 14.1. The topological polar surface area (TPSA) is 38.7 Å². The summed E-state index contributed by atoms with van der Waals surface area (Å²) < 4.78 is 4.92. The second-order valence-electron chi connectivity index (χ2n) is 4.09. The maximum atomic E-state index is 11.5. The van der Waals surface area contributed by atoms with Gasteiger partial charge in [-0.2, -0.15) is 0 Å². The van der Waals surface area contributed by atoms with Gasteiger partial charge in [0.25, 0.3) is 0 Å². The fraction of sp³-hybridized carbons (Fsp3) is 0.333. The molecule has 0 aliphatic carbocycles. The lowest BCUT2D eigenvalue weighted by Gasteiger charge is -2.08. The van der Waals surface area contributed by atoms with Crippen LogP contribution in [0.2, 0.25) is 0 Å². The number of benzene rings is 1. The third kappa shape index (κ3) is 4.53. The van der Waals surface area contributed by atoms with Gasteiger partial charge in [-0.25, -0.2) is 4.79 Å². The lowest BCUT2D eigenvalue weighted by Crippen LogP contribution is -2.18. The van der Waals surface area contributed by atoms with Gasteiger partial charge in [-0.1, -0.05) is 49.9 Å².